The van der Waals surface area contributed by atoms with Gasteiger partial charge in [0.2, 0.25) is 0 Å². The molecular formula is C12H10OS. The number of hydrogen-bond acceptors (Lipinski definition) is 2. The van der Waals surface area contributed by atoms with Crippen molar-refractivity contribution in [2.75, 3.05) is 5.75 Å². The van der Waals surface area contributed by atoms with Gasteiger partial charge < -0.3 is 0 Å². The molecule has 0 heterocycles. The molecule has 0 N–H and O–H groups in total. The van der Waals surface area contributed by atoms with Crippen LogP contribution in [0.15, 0.2) is 18.2 Å². The van der Waals surface area contributed by atoms with E-state index in [-0.39, 0.29) is 5.78 Å². The van der Waals surface area contributed by atoms with Gasteiger partial charge in [-0.25, -0.2) is 0 Å². The van der Waals surface area contributed by atoms with Crippen LogP contribution >= 0.6 is 12.6 Å². The van der Waals surface area contributed by atoms with Crippen LogP contribution in [0.25, 0.3) is 0 Å². The molecule has 2 heteroatoms. The number of rotatable bonds is 0. The van der Waals surface area contributed by atoms with Gasteiger partial charge in [0.1, 0.15) is 0 Å². The van der Waals surface area contributed by atoms with E-state index >= 15 is 0 Å². The van der Waals surface area contributed by atoms with Crippen molar-refractivity contribution in [3.8, 4) is 11.8 Å². The highest BCUT2D eigenvalue weighted by Crippen LogP contribution is 2.22. The molecule has 0 saturated heterocycles. The maximum absolute atomic E-state index is 11.3. The summed E-state index contributed by atoms with van der Waals surface area (Å²) in [6.45, 7) is 0. The smallest absolute Gasteiger partial charge is 0.163 e. The SMILES string of the molecule is O=C1CCc2cc(C#CCS)ccc21. The van der Waals surface area contributed by atoms with Crippen molar-refractivity contribution in [3.05, 3.63) is 34.9 Å². The van der Waals surface area contributed by atoms with Crippen molar-refractivity contribution in [3.63, 3.8) is 0 Å². The zero-order valence-corrected chi connectivity index (χ0v) is 8.60. The predicted octanol–water partition coefficient (Wildman–Crippen LogP) is 2.10. The predicted molar refractivity (Wildman–Crippen MR) is 59.8 cm³/mol. The molecule has 1 nitrogen and oxygen atoms in total. The Kier molecular flexibility index (Phi) is 2.60. The highest BCUT2D eigenvalue weighted by atomic mass is 32.1. The number of fused-ring (bicyclic) bond motifs is 1. The van der Waals surface area contributed by atoms with Crippen LogP contribution in [-0.2, 0) is 6.42 Å². The molecule has 0 aliphatic heterocycles. The Morgan fingerprint density at radius 3 is 3.00 bits per heavy atom. The van der Waals surface area contributed by atoms with Crippen molar-refractivity contribution < 1.29 is 4.79 Å². The average Bonchev–Trinajstić information content (AvgIpc) is 2.57. The lowest BCUT2D eigenvalue weighted by atomic mass is 10.1. The molecule has 0 atom stereocenters. The summed E-state index contributed by atoms with van der Waals surface area (Å²) in [5.74, 6) is 6.72. The first-order chi connectivity index (χ1) is 6.81. The zero-order valence-electron chi connectivity index (χ0n) is 7.71. The maximum Gasteiger partial charge on any atom is 0.163 e. The topological polar surface area (TPSA) is 17.1 Å². The van der Waals surface area contributed by atoms with Gasteiger partial charge in [0.05, 0.1) is 5.75 Å². The Balaban J connectivity index is 2.37. The van der Waals surface area contributed by atoms with Gasteiger partial charge in [-0.3, -0.25) is 4.79 Å². The summed E-state index contributed by atoms with van der Waals surface area (Å²) < 4.78 is 0. The Morgan fingerprint density at radius 2 is 2.21 bits per heavy atom. The van der Waals surface area contributed by atoms with E-state index in [0.717, 1.165) is 23.1 Å². The Morgan fingerprint density at radius 1 is 1.36 bits per heavy atom. The van der Waals surface area contributed by atoms with Gasteiger partial charge in [0.15, 0.2) is 5.78 Å². The molecule has 14 heavy (non-hydrogen) atoms. The van der Waals surface area contributed by atoms with E-state index in [9.17, 15) is 4.79 Å². The molecule has 0 radical (unpaired) electrons. The molecule has 0 aromatic heterocycles. The monoisotopic (exact) mass is 202 g/mol. The van der Waals surface area contributed by atoms with Gasteiger partial charge in [0, 0.05) is 17.5 Å². The molecular weight excluding hydrogens is 192 g/mol. The van der Waals surface area contributed by atoms with Gasteiger partial charge >= 0.3 is 0 Å². The van der Waals surface area contributed by atoms with Crippen LogP contribution in [-0.4, -0.2) is 11.5 Å². The molecule has 1 aromatic rings. The van der Waals surface area contributed by atoms with Crippen LogP contribution in [0.4, 0.5) is 0 Å². The van der Waals surface area contributed by atoms with Crippen LogP contribution in [0.5, 0.6) is 0 Å². The first-order valence-electron chi connectivity index (χ1n) is 4.57. The van der Waals surface area contributed by atoms with Crippen molar-refractivity contribution >= 4 is 18.4 Å². The third-order valence-electron chi connectivity index (χ3n) is 2.34. The van der Waals surface area contributed by atoms with E-state index in [0.29, 0.717) is 12.2 Å². The normalized spacial score (nSPS) is 13.4. The summed E-state index contributed by atoms with van der Waals surface area (Å²) in [5.41, 5.74) is 3.00. The van der Waals surface area contributed by atoms with Gasteiger partial charge in [0.25, 0.3) is 0 Å². The number of ketones is 1. The summed E-state index contributed by atoms with van der Waals surface area (Å²) in [4.78, 5) is 11.3. The molecule has 1 aliphatic carbocycles. The van der Waals surface area contributed by atoms with E-state index in [2.05, 4.69) is 24.5 Å². The van der Waals surface area contributed by atoms with Crippen LogP contribution in [0.2, 0.25) is 0 Å². The fourth-order valence-electron chi connectivity index (χ4n) is 1.67. The third kappa shape index (κ3) is 1.69. The fourth-order valence-corrected chi connectivity index (χ4v) is 1.75. The average molecular weight is 202 g/mol. The van der Waals surface area contributed by atoms with Gasteiger partial charge in [-0.15, -0.1) is 0 Å². The summed E-state index contributed by atoms with van der Waals surface area (Å²) in [7, 11) is 0. The van der Waals surface area contributed by atoms with Crippen LogP contribution in [0.3, 0.4) is 0 Å². The van der Waals surface area contributed by atoms with Crippen molar-refractivity contribution in [1.29, 1.82) is 0 Å². The highest BCUT2D eigenvalue weighted by Gasteiger charge is 2.18. The van der Waals surface area contributed by atoms with E-state index in [1.165, 1.54) is 0 Å². The van der Waals surface area contributed by atoms with Crippen molar-refractivity contribution in [2.45, 2.75) is 12.8 Å². The molecule has 2 rings (SSSR count). The first kappa shape index (κ1) is 9.36. The van der Waals surface area contributed by atoms with Crippen molar-refractivity contribution in [2.24, 2.45) is 0 Å². The van der Waals surface area contributed by atoms with Gasteiger partial charge in [-0.2, -0.15) is 12.6 Å². The second kappa shape index (κ2) is 3.89. The number of benzene rings is 1. The van der Waals surface area contributed by atoms with Crippen molar-refractivity contribution in [1.82, 2.24) is 0 Å². The molecule has 1 aromatic carbocycles. The maximum atomic E-state index is 11.3. The molecule has 70 valence electrons. The first-order valence-corrected chi connectivity index (χ1v) is 5.20. The molecule has 0 amide bonds. The molecule has 0 bridgehead atoms. The molecule has 0 fully saturated rings. The molecule has 1 aliphatic rings. The minimum atomic E-state index is 0.258. The Hall–Kier alpha value is -1.20. The second-order valence-corrected chi connectivity index (χ2v) is 3.57. The summed E-state index contributed by atoms with van der Waals surface area (Å²) in [5, 5.41) is 0. The summed E-state index contributed by atoms with van der Waals surface area (Å²) in [6.07, 6.45) is 1.52. The van der Waals surface area contributed by atoms with E-state index in [1.807, 2.05) is 18.2 Å². The molecule has 0 unspecified atom stereocenters. The number of aryl methyl sites for hydroxylation is 1. The fraction of sp³-hybridized carbons (Fsp3) is 0.250. The third-order valence-corrected chi connectivity index (χ3v) is 2.50. The number of carbonyl (C=O) groups is 1. The number of thiol groups is 1. The molecule has 0 spiro atoms. The minimum Gasteiger partial charge on any atom is -0.294 e. The Labute approximate surface area is 88.9 Å². The Bertz CT molecular complexity index is 437. The quantitative estimate of drug-likeness (QED) is 0.503. The second-order valence-electron chi connectivity index (χ2n) is 3.25. The minimum absolute atomic E-state index is 0.258. The lowest BCUT2D eigenvalue weighted by molar-refractivity contribution is 0.0994. The van der Waals surface area contributed by atoms with Gasteiger partial charge in [-0.05, 0) is 30.2 Å². The summed E-state index contributed by atoms with van der Waals surface area (Å²) in [6, 6.07) is 5.79. The van der Waals surface area contributed by atoms with E-state index in [1.54, 1.807) is 0 Å². The molecule has 0 saturated carbocycles. The van der Waals surface area contributed by atoms with Gasteiger partial charge in [-0.1, -0.05) is 11.8 Å². The standard InChI is InChI=1S/C12H10OS/c13-12-6-4-10-8-9(2-1-7-14)3-5-11(10)12/h3,5,8,14H,4,6-7H2. The summed E-state index contributed by atoms with van der Waals surface area (Å²) >= 11 is 4.02. The zero-order chi connectivity index (χ0) is 9.97. The van der Waals surface area contributed by atoms with E-state index in [4.69, 9.17) is 0 Å². The van der Waals surface area contributed by atoms with E-state index < -0.39 is 0 Å². The largest absolute Gasteiger partial charge is 0.294 e. The number of carbonyl (C=O) groups excluding carboxylic acids is 1. The number of Topliss-reactive ketones (excluding diaryl/α,β-unsaturated/α-hetero) is 1. The lowest BCUT2D eigenvalue weighted by Crippen LogP contribution is -1.90. The lowest BCUT2D eigenvalue weighted by Gasteiger charge is -1.97. The van der Waals surface area contributed by atoms with Crippen LogP contribution < -0.4 is 0 Å². The van der Waals surface area contributed by atoms with Crippen LogP contribution in [0.1, 0.15) is 27.9 Å². The van der Waals surface area contributed by atoms with Crippen LogP contribution in [0, 0.1) is 11.8 Å². The highest BCUT2D eigenvalue weighted by molar-refractivity contribution is 7.80. The number of hydrogen-bond donors (Lipinski definition) is 1.